The van der Waals surface area contributed by atoms with Crippen LogP contribution in [0.1, 0.15) is 74.7 Å². The van der Waals surface area contributed by atoms with Crippen molar-refractivity contribution in [3.8, 4) is 0 Å². The molecule has 6 heteroatoms. The third-order valence-electron chi connectivity index (χ3n) is 4.99. The largest absolute Gasteiger partial charge is 0.461 e. The lowest BCUT2D eigenvalue weighted by Gasteiger charge is -2.41. The average molecular weight is 368 g/mol. The first-order valence-corrected chi connectivity index (χ1v) is 10.0. The van der Waals surface area contributed by atoms with E-state index in [1.54, 1.807) is 5.51 Å². The summed E-state index contributed by atoms with van der Waals surface area (Å²) in [6, 6.07) is 0. The van der Waals surface area contributed by atoms with Gasteiger partial charge in [0.2, 0.25) is 0 Å². The van der Waals surface area contributed by atoms with Crippen molar-refractivity contribution in [1.29, 1.82) is 0 Å². The van der Waals surface area contributed by atoms with Gasteiger partial charge in [0.15, 0.2) is 6.29 Å². The molecule has 2 aliphatic rings. The molecule has 0 unspecified atom stereocenters. The summed E-state index contributed by atoms with van der Waals surface area (Å²) >= 11 is 1.38. The van der Waals surface area contributed by atoms with Gasteiger partial charge in [-0.3, -0.25) is 0 Å². The molecule has 0 amide bonds. The Morgan fingerprint density at radius 3 is 2.60 bits per heavy atom. The molecular weight excluding hydrogens is 338 g/mol. The number of thiazole rings is 1. The molecule has 1 saturated heterocycles. The molecule has 1 aromatic heterocycles. The summed E-state index contributed by atoms with van der Waals surface area (Å²) < 4.78 is 17.4. The third-order valence-corrected chi connectivity index (χ3v) is 5.81. The minimum Gasteiger partial charge on any atom is -0.461 e. The normalized spacial score (nSPS) is 22.2. The van der Waals surface area contributed by atoms with Gasteiger partial charge in [-0.15, -0.1) is 11.3 Å². The number of nitrogens with zero attached hydrogens (tertiary/aromatic N) is 1. The zero-order chi connectivity index (χ0) is 18.1. The molecule has 0 radical (unpaired) electrons. The van der Waals surface area contributed by atoms with E-state index in [1.807, 2.05) is 13.8 Å². The van der Waals surface area contributed by atoms with Crippen LogP contribution in [0, 0.1) is 10.8 Å². The molecule has 0 bridgehead atoms. The zero-order valence-corrected chi connectivity index (χ0v) is 16.5. The molecule has 0 atom stereocenters. The Kier molecular flexibility index (Phi) is 5.51. The smallest absolute Gasteiger partial charge is 0.350 e. The molecular formula is C19H29NO4S. The van der Waals surface area contributed by atoms with Gasteiger partial charge in [-0.2, -0.15) is 0 Å². The van der Waals surface area contributed by atoms with Gasteiger partial charge < -0.3 is 14.2 Å². The molecule has 0 aromatic carbocycles. The first-order chi connectivity index (χ1) is 11.8. The van der Waals surface area contributed by atoms with Gasteiger partial charge >= 0.3 is 5.97 Å². The van der Waals surface area contributed by atoms with Gasteiger partial charge in [-0.25, -0.2) is 9.78 Å². The monoisotopic (exact) mass is 367 g/mol. The van der Waals surface area contributed by atoms with Crippen LogP contribution < -0.4 is 0 Å². The quantitative estimate of drug-likeness (QED) is 0.723. The maximum atomic E-state index is 12.6. The molecule has 1 aliphatic carbocycles. The molecule has 140 valence electrons. The number of esters is 1. The van der Waals surface area contributed by atoms with Crippen LogP contribution in [0.25, 0.3) is 0 Å². The average Bonchev–Trinajstić information content (AvgIpc) is 3.22. The van der Waals surface area contributed by atoms with Crippen molar-refractivity contribution >= 4 is 17.3 Å². The van der Waals surface area contributed by atoms with E-state index < -0.39 is 5.41 Å². The van der Waals surface area contributed by atoms with E-state index in [9.17, 15) is 4.79 Å². The molecule has 0 spiro atoms. The summed E-state index contributed by atoms with van der Waals surface area (Å²) in [5.41, 5.74) is 2.31. The van der Waals surface area contributed by atoms with Crippen molar-refractivity contribution < 1.29 is 19.0 Å². The highest BCUT2D eigenvalue weighted by Gasteiger charge is 2.39. The Morgan fingerprint density at radius 2 is 1.96 bits per heavy atom. The highest BCUT2D eigenvalue weighted by molar-refractivity contribution is 7.11. The molecule has 25 heavy (non-hydrogen) atoms. The number of ether oxygens (including phenoxy) is 3. The van der Waals surface area contributed by atoms with E-state index in [4.69, 9.17) is 14.2 Å². The lowest BCUT2D eigenvalue weighted by atomic mass is 9.90. The second-order valence-corrected chi connectivity index (χ2v) is 9.59. The highest BCUT2D eigenvalue weighted by atomic mass is 32.1. The topological polar surface area (TPSA) is 57.7 Å². The Morgan fingerprint density at radius 1 is 1.32 bits per heavy atom. The molecule has 1 saturated carbocycles. The predicted molar refractivity (Wildman–Crippen MR) is 96.9 cm³/mol. The summed E-state index contributed by atoms with van der Waals surface area (Å²) in [5, 5.41) is 0. The van der Waals surface area contributed by atoms with Gasteiger partial charge in [-0.05, 0) is 12.8 Å². The van der Waals surface area contributed by atoms with Gasteiger partial charge in [-0.1, -0.05) is 40.5 Å². The highest BCUT2D eigenvalue weighted by Crippen LogP contribution is 2.37. The fraction of sp³-hybridized carbons (Fsp3) is 0.789. The van der Waals surface area contributed by atoms with Gasteiger partial charge in [0.25, 0.3) is 0 Å². The van der Waals surface area contributed by atoms with E-state index in [0.717, 1.165) is 18.5 Å². The van der Waals surface area contributed by atoms with E-state index in [2.05, 4.69) is 18.8 Å². The van der Waals surface area contributed by atoms with Crippen LogP contribution in [0.5, 0.6) is 0 Å². The molecule has 1 aliphatic heterocycles. The van der Waals surface area contributed by atoms with Gasteiger partial charge in [0, 0.05) is 16.7 Å². The number of carbonyl (C=O) groups excluding carboxylic acids is 1. The SMILES string of the molecule is CC1(C)COC(C(C)(C)COC(=O)c2scnc2C2CCCC2)OC1. The number of hydrogen-bond donors (Lipinski definition) is 0. The molecule has 5 nitrogen and oxygen atoms in total. The van der Waals surface area contributed by atoms with Crippen LogP contribution in [0.4, 0.5) is 0 Å². The molecule has 0 N–H and O–H groups in total. The Labute approximate surface area is 154 Å². The second kappa shape index (κ2) is 7.33. The van der Waals surface area contributed by atoms with E-state index >= 15 is 0 Å². The zero-order valence-electron chi connectivity index (χ0n) is 15.7. The van der Waals surface area contributed by atoms with Crippen molar-refractivity contribution in [1.82, 2.24) is 4.98 Å². The summed E-state index contributed by atoms with van der Waals surface area (Å²) in [4.78, 5) is 17.7. The first-order valence-electron chi connectivity index (χ1n) is 9.12. The maximum Gasteiger partial charge on any atom is 0.350 e. The van der Waals surface area contributed by atoms with Crippen LogP contribution in [0.2, 0.25) is 0 Å². The third kappa shape index (κ3) is 4.41. The van der Waals surface area contributed by atoms with Crippen molar-refractivity contribution in [2.75, 3.05) is 19.8 Å². The van der Waals surface area contributed by atoms with Crippen molar-refractivity contribution in [2.24, 2.45) is 10.8 Å². The summed E-state index contributed by atoms with van der Waals surface area (Å²) in [6.45, 7) is 9.81. The van der Waals surface area contributed by atoms with Crippen LogP contribution in [-0.4, -0.2) is 37.1 Å². The Hall–Kier alpha value is -0.980. The van der Waals surface area contributed by atoms with Crippen LogP contribution >= 0.6 is 11.3 Å². The lowest BCUT2D eigenvalue weighted by molar-refractivity contribution is -0.267. The molecule has 3 rings (SSSR count). The Balaban J connectivity index is 1.58. The van der Waals surface area contributed by atoms with Crippen LogP contribution in [0.3, 0.4) is 0 Å². The second-order valence-electron chi connectivity index (χ2n) is 8.73. The molecule has 2 heterocycles. The van der Waals surface area contributed by atoms with Crippen molar-refractivity contribution in [3.63, 3.8) is 0 Å². The maximum absolute atomic E-state index is 12.6. The molecule has 2 fully saturated rings. The number of carbonyl (C=O) groups is 1. The Bertz CT molecular complexity index is 594. The minimum absolute atomic E-state index is 0.0298. The lowest BCUT2D eigenvalue weighted by Crippen LogP contribution is -2.46. The fourth-order valence-electron chi connectivity index (χ4n) is 3.43. The van der Waals surface area contributed by atoms with Gasteiger partial charge in [0.05, 0.1) is 24.4 Å². The van der Waals surface area contributed by atoms with Gasteiger partial charge in [0.1, 0.15) is 11.5 Å². The van der Waals surface area contributed by atoms with Crippen LogP contribution in [-0.2, 0) is 14.2 Å². The van der Waals surface area contributed by atoms with Crippen molar-refractivity contribution in [3.05, 3.63) is 16.1 Å². The predicted octanol–water partition coefficient (Wildman–Crippen LogP) is 4.38. The molecule has 1 aromatic rings. The fourth-order valence-corrected chi connectivity index (χ4v) is 4.19. The summed E-state index contributed by atoms with van der Waals surface area (Å²) in [5.74, 6) is 0.141. The van der Waals surface area contributed by atoms with Crippen molar-refractivity contribution in [2.45, 2.75) is 65.6 Å². The summed E-state index contributed by atoms with van der Waals surface area (Å²) in [6.07, 6.45) is 4.32. The number of aromatic nitrogens is 1. The van der Waals surface area contributed by atoms with E-state index in [1.165, 1.54) is 24.2 Å². The minimum atomic E-state index is -0.398. The van der Waals surface area contributed by atoms with E-state index in [-0.39, 0.29) is 24.3 Å². The number of hydrogen-bond acceptors (Lipinski definition) is 6. The number of rotatable bonds is 5. The first kappa shape index (κ1) is 18.8. The summed E-state index contributed by atoms with van der Waals surface area (Å²) in [7, 11) is 0. The standard InChI is InChI=1S/C19H29NO4S/c1-18(2)9-23-17(24-10-18)19(3,4)11-22-16(21)15-14(20-12-25-15)13-7-5-6-8-13/h12-13,17H,5-11H2,1-4H3. The van der Waals surface area contributed by atoms with E-state index in [0.29, 0.717) is 24.0 Å². The van der Waals surface area contributed by atoms with Crippen LogP contribution in [0.15, 0.2) is 5.51 Å².